The zero-order valence-corrected chi connectivity index (χ0v) is 16.4. The van der Waals surface area contributed by atoms with Gasteiger partial charge in [0.2, 0.25) is 11.8 Å². The van der Waals surface area contributed by atoms with Gasteiger partial charge in [0.15, 0.2) is 0 Å². The molecule has 1 saturated carbocycles. The fraction of sp³-hybridized carbons (Fsp3) is 0.160. The Labute approximate surface area is 175 Å². The van der Waals surface area contributed by atoms with Crippen molar-refractivity contribution in [3.63, 3.8) is 0 Å². The van der Waals surface area contributed by atoms with E-state index in [9.17, 15) is 9.59 Å². The van der Waals surface area contributed by atoms with Gasteiger partial charge < -0.3 is 10.2 Å². The zero-order chi connectivity index (χ0) is 20.9. The molecular formula is C25H21N3O2. The number of nitrogens with one attached hydrogen (secondary N) is 1. The molecule has 1 fully saturated rings. The molecule has 0 heterocycles. The van der Waals surface area contributed by atoms with E-state index < -0.39 is 0 Å². The number of rotatable bonds is 6. The molecule has 2 atom stereocenters. The summed E-state index contributed by atoms with van der Waals surface area (Å²) in [5.41, 5.74) is 2.90. The molecule has 0 aromatic heterocycles. The smallest absolute Gasteiger partial charge is 0.231 e. The monoisotopic (exact) mass is 395 g/mol. The number of amides is 2. The Bertz CT molecular complexity index is 1090. The minimum absolute atomic E-state index is 0.0454. The lowest BCUT2D eigenvalue weighted by atomic mass is 10.1. The van der Waals surface area contributed by atoms with Crippen molar-refractivity contribution in [1.82, 2.24) is 0 Å². The SMILES string of the molecule is N#Cc1cccc(NC(=O)C2CC2C(=O)N(Cc2ccccc2)c2ccccc2)c1. The van der Waals surface area contributed by atoms with Gasteiger partial charge in [-0.25, -0.2) is 0 Å². The zero-order valence-electron chi connectivity index (χ0n) is 16.4. The highest BCUT2D eigenvalue weighted by Crippen LogP contribution is 2.42. The third-order valence-corrected chi connectivity index (χ3v) is 5.22. The van der Waals surface area contributed by atoms with Crippen molar-refractivity contribution in [1.29, 1.82) is 5.26 Å². The fourth-order valence-corrected chi connectivity index (χ4v) is 3.53. The highest BCUT2D eigenvalue weighted by atomic mass is 16.2. The van der Waals surface area contributed by atoms with E-state index in [2.05, 4.69) is 11.4 Å². The number of benzene rings is 3. The summed E-state index contributed by atoms with van der Waals surface area (Å²) in [5.74, 6) is -0.926. The molecule has 0 spiro atoms. The fourth-order valence-electron chi connectivity index (χ4n) is 3.53. The number of anilines is 2. The second kappa shape index (κ2) is 8.62. The molecule has 2 unspecified atom stereocenters. The number of nitriles is 1. The molecule has 30 heavy (non-hydrogen) atoms. The molecular weight excluding hydrogens is 374 g/mol. The third kappa shape index (κ3) is 4.39. The van der Waals surface area contributed by atoms with Gasteiger partial charge in [-0.3, -0.25) is 9.59 Å². The van der Waals surface area contributed by atoms with Crippen LogP contribution in [0.1, 0.15) is 17.5 Å². The summed E-state index contributed by atoms with van der Waals surface area (Å²) in [6.45, 7) is 0.457. The highest BCUT2D eigenvalue weighted by Gasteiger charge is 2.49. The molecule has 2 amide bonds. The first kappa shape index (κ1) is 19.4. The van der Waals surface area contributed by atoms with E-state index in [1.54, 1.807) is 29.2 Å². The average molecular weight is 395 g/mol. The summed E-state index contributed by atoms with van der Waals surface area (Å²) < 4.78 is 0. The van der Waals surface area contributed by atoms with Crippen LogP contribution in [0.25, 0.3) is 0 Å². The molecule has 3 aromatic rings. The van der Waals surface area contributed by atoms with Gasteiger partial charge in [0.1, 0.15) is 0 Å². The van der Waals surface area contributed by atoms with Gasteiger partial charge in [-0.15, -0.1) is 0 Å². The quantitative estimate of drug-likeness (QED) is 0.674. The van der Waals surface area contributed by atoms with E-state index in [0.717, 1.165) is 11.3 Å². The average Bonchev–Trinajstić information content (AvgIpc) is 3.60. The van der Waals surface area contributed by atoms with E-state index in [-0.39, 0.29) is 23.7 Å². The number of hydrogen-bond donors (Lipinski definition) is 1. The van der Waals surface area contributed by atoms with Crippen molar-refractivity contribution in [3.8, 4) is 6.07 Å². The van der Waals surface area contributed by atoms with Crippen LogP contribution in [0.3, 0.4) is 0 Å². The van der Waals surface area contributed by atoms with Crippen LogP contribution in [0.5, 0.6) is 0 Å². The second-order valence-corrected chi connectivity index (χ2v) is 7.38. The number of nitrogens with zero attached hydrogens (tertiary/aromatic N) is 2. The first-order valence-electron chi connectivity index (χ1n) is 9.87. The molecule has 0 saturated heterocycles. The van der Waals surface area contributed by atoms with Crippen molar-refractivity contribution in [3.05, 3.63) is 96.1 Å². The van der Waals surface area contributed by atoms with Crippen molar-refractivity contribution >= 4 is 23.2 Å². The molecule has 1 aliphatic carbocycles. The topological polar surface area (TPSA) is 73.2 Å². The first-order chi connectivity index (χ1) is 14.7. The van der Waals surface area contributed by atoms with Crippen LogP contribution in [-0.2, 0) is 16.1 Å². The summed E-state index contributed by atoms with van der Waals surface area (Å²) >= 11 is 0. The molecule has 0 bridgehead atoms. The third-order valence-electron chi connectivity index (χ3n) is 5.22. The lowest BCUT2D eigenvalue weighted by Crippen LogP contribution is -2.33. The van der Waals surface area contributed by atoms with Crippen LogP contribution < -0.4 is 10.2 Å². The minimum Gasteiger partial charge on any atom is -0.326 e. The predicted molar refractivity (Wildman–Crippen MR) is 115 cm³/mol. The Kier molecular flexibility index (Phi) is 5.58. The largest absolute Gasteiger partial charge is 0.326 e. The minimum atomic E-state index is -0.356. The Hall–Kier alpha value is -3.91. The predicted octanol–water partition coefficient (Wildman–Crippen LogP) is 4.37. The van der Waals surface area contributed by atoms with Crippen LogP contribution in [0.2, 0.25) is 0 Å². The van der Waals surface area contributed by atoms with Crippen LogP contribution >= 0.6 is 0 Å². The van der Waals surface area contributed by atoms with Crippen molar-refractivity contribution in [2.75, 3.05) is 10.2 Å². The summed E-state index contributed by atoms with van der Waals surface area (Å²) in [5, 5.41) is 11.8. The Morgan fingerprint density at radius 2 is 1.63 bits per heavy atom. The van der Waals surface area contributed by atoms with Gasteiger partial charge in [-0.1, -0.05) is 54.6 Å². The molecule has 4 rings (SSSR count). The van der Waals surface area contributed by atoms with Crippen LogP contribution in [0.15, 0.2) is 84.9 Å². The normalized spacial score (nSPS) is 16.9. The van der Waals surface area contributed by atoms with E-state index in [1.165, 1.54) is 0 Å². The highest BCUT2D eigenvalue weighted by molar-refractivity contribution is 6.04. The van der Waals surface area contributed by atoms with Crippen LogP contribution in [0, 0.1) is 23.2 Å². The van der Waals surface area contributed by atoms with Crippen molar-refractivity contribution in [2.45, 2.75) is 13.0 Å². The number of carbonyl (C=O) groups excluding carboxylic acids is 2. The standard InChI is InChI=1S/C25H21N3O2/c26-16-19-10-7-11-20(14-19)27-24(29)22-15-23(22)25(30)28(21-12-5-2-6-13-21)17-18-8-3-1-4-9-18/h1-14,22-23H,15,17H2,(H,27,29). The van der Waals surface area contributed by atoms with Crippen LogP contribution in [0.4, 0.5) is 11.4 Å². The summed E-state index contributed by atoms with van der Waals surface area (Å²) in [7, 11) is 0. The maximum atomic E-state index is 13.3. The molecule has 3 aromatic carbocycles. The molecule has 5 heteroatoms. The molecule has 0 aliphatic heterocycles. The van der Waals surface area contributed by atoms with E-state index in [0.29, 0.717) is 24.2 Å². The van der Waals surface area contributed by atoms with Gasteiger partial charge >= 0.3 is 0 Å². The van der Waals surface area contributed by atoms with E-state index in [1.807, 2.05) is 60.7 Å². The lowest BCUT2D eigenvalue weighted by molar-refractivity contribution is -0.123. The van der Waals surface area contributed by atoms with Gasteiger partial charge in [-0.2, -0.15) is 5.26 Å². The summed E-state index contributed by atoms with van der Waals surface area (Å²) in [6.07, 6.45) is 0.529. The Balaban J connectivity index is 1.47. The first-order valence-corrected chi connectivity index (χ1v) is 9.87. The maximum Gasteiger partial charge on any atom is 0.231 e. The van der Waals surface area contributed by atoms with E-state index >= 15 is 0 Å². The number of carbonyl (C=O) groups is 2. The molecule has 5 nitrogen and oxygen atoms in total. The number of hydrogen-bond acceptors (Lipinski definition) is 3. The molecule has 148 valence electrons. The Morgan fingerprint density at radius 1 is 0.933 bits per heavy atom. The van der Waals surface area contributed by atoms with Crippen LogP contribution in [-0.4, -0.2) is 11.8 Å². The molecule has 1 aliphatic rings. The summed E-state index contributed by atoms with van der Waals surface area (Å²) in [6, 6.07) is 28.2. The van der Waals surface area contributed by atoms with Crippen molar-refractivity contribution < 1.29 is 9.59 Å². The molecule has 1 N–H and O–H groups in total. The van der Waals surface area contributed by atoms with Gasteiger partial charge in [0.25, 0.3) is 0 Å². The van der Waals surface area contributed by atoms with Crippen molar-refractivity contribution in [2.24, 2.45) is 11.8 Å². The van der Waals surface area contributed by atoms with Gasteiger partial charge in [0.05, 0.1) is 30.0 Å². The summed E-state index contributed by atoms with van der Waals surface area (Å²) in [4.78, 5) is 27.7. The van der Waals surface area contributed by atoms with Gasteiger partial charge in [0, 0.05) is 11.4 Å². The second-order valence-electron chi connectivity index (χ2n) is 7.38. The maximum absolute atomic E-state index is 13.3. The van der Waals surface area contributed by atoms with E-state index in [4.69, 9.17) is 5.26 Å². The number of para-hydroxylation sites is 1. The molecule has 0 radical (unpaired) electrons. The Morgan fingerprint density at radius 3 is 2.33 bits per heavy atom. The lowest BCUT2D eigenvalue weighted by Gasteiger charge is -2.23. The van der Waals surface area contributed by atoms with Gasteiger partial charge in [-0.05, 0) is 42.3 Å².